The summed E-state index contributed by atoms with van der Waals surface area (Å²) in [4.78, 5) is 11.0. The molecule has 1 fully saturated rings. The van der Waals surface area contributed by atoms with E-state index in [0.717, 1.165) is 6.42 Å². The van der Waals surface area contributed by atoms with Crippen molar-refractivity contribution in [2.24, 2.45) is 0 Å². The molecule has 1 aromatic rings. The van der Waals surface area contributed by atoms with Crippen LogP contribution in [0.1, 0.15) is 32.2 Å². The number of rotatable bonds is 7. The summed E-state index contributed by atoms with van der Waals surface area (Å²) in [5, 5.41) is 13.1. The van der Waals surface area contributed by atoms with Crippen molar-refractivity contribution in [3.05, 3.63) is 12.4 Å². The van der Waals surface area contributed by atoms with Gasteiger partial charge in [0.1, 0.15) is 10.9 Å². The van der Waals surface area contributed by atoms with Crippen molar-refractivity contribution in [3.8, 4) is 0 Å². The largest absolute Gasteiger partial charge is 0.480 e. The Bertz CT molecular complexity index is 592. The van der Waals surface area contributed by atoms with E-state index in [4.69, 9.17) is 9.84 Å². The molecule has 2 atom stereocenters. The van der Waals surface area contributed by atoms with Gasteiger partial charge >= 0.3 is 5.97 Å². The van der Waals surface area contributed by atoms with Crippen molar-refractivity contribution in [3.63, 3.8) is 0 Å². The minimum absolute atomic E-state index is 0.0277. The van der Waals surface area contributed by atoms with Crippen LogP contribution in [0, 0.1) is 0 Å². The summed E-state index contributed by atoms with van der Waals surface area (Å²) in [6.07, 6.45) is 4.22. The Hall–Kier alpha value is -1.45. The van der Waals surface area contributed by atoms with Gasteiger partial charge in [-0.3, -0.25) is 9.48 Å². The van der Waals surface area contributed by atoms with E-state index in [1.54, 1.807) is 11.6 Å². The quantitative estimate of drug-likeness (QED) is 0.752. The van der Waals surface area contributed by atoms with Crippen LogP contribution in [0.5, 0.6) is 0 Å². The second kappa shape index (κ2) is 6.54. The topological polar surface area (TPSA) is 111 Å². The highest BCUT2D eigenvalue weighted by molar-refractivity contribution is 7.89. The first-order valence-electron chi connectivity index (χ1n) is 6.81. The monoisotopic (exact) mass is 317 g/mol. The molecule has 0 aromatic carbocycles. The molecular formula is C12H19N3O5S. The molecule has 2 rings (SSSR count). The Balaban J connectivity index is 2.13. The fourth-order valence-electron chi connectivity index (χ4n) is 2.17. The number of aliphatic carboxylic acids is 1. The van der Waals surface area contributed by atoms with E-state index in [2.05, 4.69) is 9.82 Å². The van der Waals surface area contributed by atoms with Crippen LogP contribution in [0.25, 0.3) is 0 Å². The predicted molar refractivity (Wildman–Crippen MR) is 73.4 cm³/mol. The molecular weight excluding hydrogens is 298 g/mol. The number of sulfonamides is 1. The Morgan fingerprint density at radius 2 is 2.43 bits per heavy atom. The number of ether oxygens (including phenoxy) is 1. The summed E-state index contributed by atoms with van der Waals surface area (Å²) in [6.45, 7) is 2.92. The number of carbonyl (C=O) groups is 1. The van der Waals surface area contributed by atoms with Crippen LogP contribution in [0.4, 0.5) is 0 Å². The SMILES string of the molecule is CCCC(NS(=O)(=O)c1cnn(C2CCOC2)c1)C(=O)O. The standard InChI is InChI=1S/C12H19N3O5S/c1-2-3-11(12(16)17)14-21(18,19)10-6-13-15(7-10)9-4-5-20-8-9/h6-7,9,11,14H,2-5,8H2,1H3,(H,16,17). The Morgan fingerprint density at radius 1 is 1.67 bits per heavy atom. The summed E-state index contributed by atoms with van der Waals surface area (Å²) in [6, 6.07) is -1.10. The molecule has 1 aliphatic rings. The van der Waals surface area contributed by atoms with Gasteiger partial charge in [0.15, 0.2) is 0 Å². The first kappa shape index (κ1) is 15.9. The van der Waals surface area contributed by atoms with Crippen molar-refractivity contribution in [2.45, 2.75) is 43.2 Å². The number of hydrogen-bond donors (Lipinski definition) is 2. The van der Waals surface area contributed by atoms with E-state index in [-0.39, 0.29) is 17.4 Å². The lowest BCUT2D eigenvalue weighted by Gasteiger charge is -2.12. The van der Waals surface area contributed by atoms with E-state index in [1.165, 1.54) is 12.4 Å². The third-order valence-electron chi connectivity index (χ3n) is 3.34. The maximum atomic E-state index is 12.2. The molecule has 0 saturated carbocycles. The maximum Gasteiger partial charge on any atom is 0.321 e. The lowest BCUT2D eigenvalue weighted by Crippen LogP contribution is -2.40. The number of carboxylic acid groups (broad SMARTS) is 1. The number of nitrogens with zero attached hydrogens (tertiary/aromatic N) is 2. The third-order valence-corrected chi connectivity index (χ3v) is 4.77. The van der Waals surface area contributed by atoms with E-state index in [9.17, 15) is 13.2 Å². The zero-order valence-corrected chi connectivity index (χ0v) is 12.5. The molecule has 0 spiro atoms. The highest BCUT2D eigenvalue weighted by Crippen LogP contribution is 2.19. The van der Waals surface area contributed by atoms with Gasteiger partial charge in [0.05, 0.1) is 18.8 Å². The summed E-state index contributed by atoms with van der Waals surface area (Å²) >= 11 is 0. The molecule has 2 unspecified atom stereocenters. The van der Waals surface area contributed by atoms with E-state index in [0.29, 0.717) is 19.6 Å². The fourth-order valence-corrected chi connectivity index (χ4v) is 3.33. The van der Waals surface area contributed by atoms with E-state index >= 15 is 0 Å². The third kappa shape index (κ3) is 3.80. The molecule has 0 aliphatic carbocycles. The number of nitrogens with one attached hydrogen (secondary N) is 1. The summed E-state index contributed by atoms with van der Waals surface area (Å²) < 4.78 is 33.4. The first-order chi connectivity index (χ1) is 9.94. The summed E-state index contributed by atoms with van der Waals surface area (Å²) in [5.41, 5.74) is 0. The highest BCUT2D eigenvalue weighted by Gasteiger charge is 2.27. The number of aromatic nitrogens is 2. The van der Waals surface area contributed by atoms with E-state index < -0.39 is 22.0 Å². The molecule has 2 heterocycles. The van der Waals surface area contributed by atoms with Crippen LogP contribution >= 0.6 is 0 Å². The molecule has 0 radical (unpaired) electrons. The lowest BCUT2D eigenvalue weighted by atomic mass is 10.2. The van der Waals surface area contributed by atoms with Crippen LogP contribution in [0.2, 0.25) is 0 Å². The number of hydrogen-bond acceptors (Lipinski definition) is 5. The lowest BCUT2D eigenvalue weighted by molar-refractivity contribution is -0.139. The maximum absolute atomic E-state index is 12.2. The van der Waals surface area contributed by atoms with Crippen LogP contribution in [-0.2, 0) is 19.6 Å². The molecule has 21 heavy (non-hydrogen) atoms. The summed E-state index contributed by atoms with van der Waals surface area (Å²) in [5.74, 6) is -1.18. The molecule has 8 nitrogen and oxygen atoms in total. The molecule has 118 valence electrons. The van der Waals surface area contributed by atoms with Crippen LogP contribution in [0.15, 0.2) is 17.3 Å². The zero-order valence-electron chi connectivity index (χ0n) is 11.7. The highest BCUT2D eigenvalue weighted by atomic mass is 32.2. The van der Waals surface area contributed by atoms with Crippen LogP contribution in [-0.4, -0.2) is 48.5 Å². The predicted octanol–water partition coefficient (Wildman–Crippen LogP) is 0.376. The Morgan fingerprint density at radius 3 is 3.00 bits per heavy atom. The van der Waals surface area contributed by atoms with Crippen molar-refractivity contribution in [1.82, 2.24) is 14.5 Å². The Labute approximate surface area is 123 Å². The van der Waals surface area contributed by atoms with Crippen LogP contribution < -0.4 is 4.72 Å². The van der Waals surface area contributed by atoms with Crippen molar-refractivity contribution in [1.29, 1.82) is 0 Å². The minimum Gasteiger partial charge on any atom is -0.480 e. The second-order valence-electron chi connectivity index (χ2n) is 4.97. The van der Waals surface area contributed by atoms with Gasteiger partial charge in [0.25, 0.3) is 0 Å². The van der Waals surface area contributed by atoms with Gasteiger partial charge in [-0.25, -0.2) is 8.42 Å². The summed E-state index contributed by atoms with van der Waals surface area (Å²) in [7, 11) is -3.89. The van der Waals surface area contributed by atoms with Gasteiger partial charge in [0, 0.05) is 12.8 Å². The molecule has 9 heteroatoms. The van der Waals surface area contributed by atoms with Crippen LogP contribution in [0.3, 0.4) is 0 Å². The zero-order chi connectivity index (χ0) is 15.5. The van der Waals surface area contributed by atoms with Gasteiger partial charge in [0.2, 0.25) is 10.0 Å². The molecule has 0 bridgehead atoms. The van der Waals surface area contributed by atoms with Gasteiger partial charge in [-0.2, -0.15) is 9.82 Å². The second-order valence-corrected chi connectivity index (χ2v) is 6.69. The van der Waals surface area contributed by atoms with Crippen molar-refractivity contribution in [2.75, 3.05) is 13.2 Å². The van der Waals surface area contributed by atoms with Gasteiger partial charge in [-0.15, -0.1) is 0 Å². The Kier molecular flexibility index (Phi) is 4.96. The van der Waals surface area contributed by atoms with Gasteiger partial charge in [-0.1, -0.05) is 13.3 Å². The van der Waals surface area contributed by atoms with Gasteiger partial charge < -0.3 is 9.84 Å². The average molecular weight is 317 g/mol. The average Bonchev–Trinajstić information content (AvgIpc) is 3.08. The first-order valence-corrected chi connectivity index (χ1v) is 8.29. The number of carboxylic acids is 1. The molecule has 0 amide bonds. The van der Waals surface area contributed by atoms with Crippen molar-refractivity contribution < 1.29 is 23.1 Å². The molecule has 1 aromatic heterocycles. The fraction of sp³-hybridized carbons (Fsp3) is 0.667. The van der Waals surface area contributed by atoms with E-state index in [1.807, 2.05) is 0 Å². The van der Waals surface area contributed by atoms with Gasteiger partial charge in [-0.05, 0) is 12.8 Å². The molecule has 2 N–H and O–H groups in total. The molecule has 1 saturated heterocycles. The molecule has 1 aliphatic heterocycles. The smallest absolute Gasteiger partial charge is 0.321 e. The van der Waals surface area contributed by atoms with Crippen molar-refractivity contribution >= 4 is 16.0 Å². The normalized spacial score (nSPS) is 20.5. The minimum atomic E-state index is -3.89.